The van der Waals surface area contributed by atoms with Gasteiger partial charge in [0, 0.05) is 12.1 Å². The molecule has 3 aromatic rings. The number of carbonyl (C=O) groups excluding carboxylic acids is 1. The Morgan fingerprint density at radius 1 is 1.21 bits per heavy atom. The van der Waals surface area contributed by atoms with Crippen molar-refractivity contribution in [2.45, 2.75) is 20.0 Å². The largest absolute Gasteiger partial charge is 0.485 e. The number of nitrogens with one attached hydrogen (secondary N) is 1. The molecule has 28 heavy (non-hydrogen) atoms. The molecule has 0 spiro atoms. The molecular formula is C21H21BrN2O3S. The van der Waals surface area contributed by atoms with E-state index in [4.69, 9.17) is 9.84 Å². The van der Waals surface area contributed by atoms with Crippen LogP contribution >= 0.6 is 27.3 Å². The lowest BCUT2D eigenvalue weighted by Crippen LogP contribution is -2.25. The molecule has 146 valence electrons. The molecule has 1 aromatic heterocycles. The average Bonchev–Trinajstić information content (AvgIpc) is 3.20. The van der Waals surface area contributed by atoms with Crippen molar-refractivity contribution in [3.63, 3.8) is 0 Å². The second-order valence-corrected chi connectivity index (χ2v) is 7.98. The van der Waals surface area contributed by atoms with Crippen LogP contribution in [-0.2, 0) is 13.0 Å². The highest BCUT2D eigenvalue weighted by molar-refractivity contribution is 9.10. The summed E-state index contributed by atoms with van der Waals surface area (Å²) in [6, 6.07) is 14.3. The van der Waals surface area contributed by atoms with Gasteiger partial charge in [-0.25, -0.2) is 4.98 Å². The minimum absolute atomic E-state index is 0.0927. The fourth-order valence-corrected chi connectivity index (χ4v) is 4.06. The Morgan fingerprint density at radius 2 is 2.00 bits per heavy atom. The van der Waals surface area contributed by atoms with E-state index in [1.54, 1.807) is 0 Å². The third-order valence-corrected chi connectivity index (χ3v) is 5.76. The van der Waals surface area contributed by atoms with Gasteiger partial charge in [0.1, 0.15) is 22.2 Å². The maximum absolute atomic E-state index is 12.0. The summed E-state index contributed by atoms with van der Waals surface area (Å²) in [7, 11) is 0. The first kappa shape index (κ1) is 20.5. The van der Waals surface area contributed by atoms with Crippen molar-refractivity contribution in [1.29, 1.82) is 0 Å². The third kappa shape index (κ3) is 4.79. The number of benzene rings is 2. The smallest absolute Gasteiger partial charge is 0.263 e. The molecule has 3 rings (SSSR count). The van der Waals surface area contributed by atoms with Crippen LogP contribution in [0.15, 0.2) is 53.1 Å². The van der Waals surface area contributed by atoms with E-state index >= 15 is 0 Å². The molecule has 0 radical (unpaired) electrons. The number of rotatable bonds is 8. The van der Waals surface area contributed by atoms with Crippen LogP contribution in [0.5, 0.6) is 5.75 Å². The van der Waals surface area contributed by atoms with Gasteiger partial charge in [-0.15, -0.1) is 11.3 Å². The summed E-state index contributed by atoms with van der Waals surface area (Å²) in [6.07, 6.45) is 2.46. The van der Waals surface area contributed by atoms with Crippen molar-refractivity contribution in [2.75, 3.05) is 13.2 Å². The van der Waals surface area contributed by atoms with Crippen LogP contribution in [0.3, 0.4) is 0 Å². The van der Waals surface area contributed by atoms with Crippen molar-refractivity contribution < 1.29 is 14.6 Å². The van der Waals surface area contributed by atoms with Gasteiger partial charge in [0.15, 0.2) is 0 Å². The fraction of sp³-hybridized carbons (Fsp3) is 0.238. The number of aliphatic hydroxyl groups is 1. The minimum atomic E-state index is -0.240. The third-order valence-electron chi connectivity index (χ3n) is 4.17. The molecule has 0 aliphatic rings. The average molecular weight is 461 g/mol. The molecule has 0 saturated heterocycles. The summed E-state index contributed by atoms with van der Waals surface area (Å²) in [4.78, 5) is 16.7. The standard InChI is InChI=1S/C21H21BrN2O3S/c1-2-14-6-3-4-7-15(14)16-8-5-9-17(22)20(16)27-13-19-24-12-18(28-19)21(26)23-10-11-25/h3-9,12,25H,2,10-11,13H2,1H3,(H,23,26). The van der Waals surface area contributed by atoms with Gasteiger partial charge < -0.3 is 15.2 Å². The molecular weight excluding hydrogens is 440 g/mol. The summed E-state index contributed by atoms with van der Waals surface area (Å²) in [5.74, 6) is 0.515. The van der Waals surface area contributed by atoms with E-state index in [9.17, 15) is 4.79 Å². The first-order valence-corrected chi connectivity index (χ1v) is 10.6. The number of aliphatic hydroxyl groups excluding tert-OH is 1. The summed E-state index contributed by atoms with van der Waals surface area (Å²) >= 11 is 4.87. The van der Waals surface area contributed by atoms with Crippen LogP contribution in [-0.4, -0.2) is 29.1 Å². The van der Waals surface area contributed by atoms with Crippen molar-refractivity contribution >= 4 is 33.2 Å². The van der Waals surface area contributed by atoms with Crippen molar-refractivity contribution in [1.82, 2.24) is 10.3 Å². The second-order valence-electron chi connectivity index (χ2n) is 6.01. The van der Waals surface area contributed by atoms with Crippen LogP contribution < -0.4 is 10.1 Å². The first-order valence-electron chi connectivity index (χ1n) is 8.97. The van der Waals surface area contributed by atoms with E-state index in [0.29, 0.717) is 9.88 Å². The van der Waals surface area contributed by atoms with Crippen LogP contribution in [0.1, 0.15) is 27.2 Å². The summed E-state index contributed by atoms with van der Waals surface area (Å²) in [5, 5.41) is 12.1. The number of para-hydroxylation sites is 1. The molecule has 5 nitrogen and oxygen atoms in total. The molecule has 0 unspecified atom stereocenters. The van der Waals surface area contributed by atoms with E-state index < -0.39 is 0 Å². The van der Waals surface area contributed by atoms with Crippen LogP contribution in [0.25, 0.3) is 11.1 Å². The van der Waals surface area contributed by atoms with E-state index in [-0.39, 0.29) is 25.7 Å². The highest BCUT2D eigenvalue weighted by atomic mass is 79.9. The van der Waals surface area contributed by atoms with E-state index in [1.807, 2.05) is 30.3 Å². The predicted octanol–water partition coefficient (Wildman–Crippen LogP) is 4.44. The highest BCUT2D eigenvalue weighted by Crippen LogP contribution is 2.38. The summed E-state index contributed by atoms with van der Waals surface area (Å²) in [6.45, 7) is 2.53. The van der Waals surface area contributed by atoms with Crippen LogP contribution in [0.4, 0.5) is 0 Å². The molecule has 0 fully saturated rings. The number of thiazole rings is 1. The van der Waals surface area contributed by atoms with Gasteiger partial charge in [0.25, 0.3) is 5.91 Å². The second kappa shape index (κ2) is 9.82. The Hall–Kier alpha value is -2.22. The summed E-state index contributed by atoms with van der Waals surface area (Å²) < 4.78 is 6.98. The molecule has 0 bridgehead atoms. The Kier molecular flexibility index (Phi) is 7.19. The Bertz CT molecular complexity index is 958. The molecule has 7 heteroatoms. The van der Waals surface area contributed by atoms with Gasteiger partial charge in [-0.2, -0.15) is 0 Å². The van der Waals surface area contributed by atoms with Gasteiger partial charge in [0.2, 0.25) is 0 Å². The molecule has 2 aromatic carbocycles. The topological polar surface area (TPSA) is 71.5 Å². The zero-order chi connectivity index (χ0) is 19.9. The van der Waals surface area contributed by atoms with Gasteiger partial charge in [-0.1, -0.05) is 43.3 Å². The lowest BCUT2D eigenvalue weighted by molar-refractivity contribution is 0.0948. The Labute approximate surface area is 176 Å². The van der Waals surface area contributed by atoms with Gasteiger partial charge in [-0.05, 0) is 39.5 Å². The lowest BCUT2D eigenvalue weighted by atomic mass is 9.97. The van der Waals surface area contributed by atoms with Crippen LogP contribution in [0, 0.1) is 0 Å². The van der Waals surface area contributed by atoms with Crippen molar-refractivity contribution in [3.05, 3.63) is 68.6 Å². The van der Waals surface area contributed by atoms with E-state index in [2.05, 4.69) is 45.3 Å². The first-order chi connectivity index (χ1) is 13.6. The number of amides is 1. The maximum atomic E-state index is 12.0. The van der Waals surface area contributed by atoms with Crippen molar-refractivity contribution in [2.24, 2.45) is 0 Å². The molecule has 1 amide bonds. The van der Waals surface area contributed by atoms with E-state index in [1.165, 1.54) is 23.1 Å². The number of nitrogens with zero attached hydrogens (tertiary/aromatic N) is 1. The SMILES string of the molecule is CCc1ccccc1-c1cccc(Br)c1OCc1ncc(C(=O)NCCO)s1. The lowest BCUT2D eigenvalue weighted by Gasteiger charge is -2.15. The predicted molar refractivity (Wildman–Crippen MR) is 115 cm³/mol. The number of aryl methyl sites for hydroxylation is 1. The normalized spacial score (nSPS) is 10.7. The number of hydrogen-bond acceptors (Lipinski definition) is 5. The van der Waals surface area contributed by atoms with Crippen LogP contribution in [0.2, 0.25) is 0 Å². The molecule has 0 aliphatic carbocycles. The van der Waals surface area contributed by atoms with Gasteiger partial charge in [0.05, 0.1) is 17.3 Å². The molecule has 0 saturated carbocycles. The van der Waals surface area contributed by atoms with Gasteiger partial charge >= 0.3 is 0 Å². The monoisotopic (exact) mass is 460 g/mol. The zero-order valence-corrected chi connectivity index (χ0v) is 17.8. The number of halogens is 1. The maximum Gasteiger partial charge on any atom is 0.263 e. The molecule has 1 heterocycles. The zero-order valence-electron chi connectivity index (χ0n) is 15.4. The summed E-state index contributed by atoms with van der Waals surface area (Å²) in [5.41, 5.74) is 3.41. The number of aromatic nitrogens is 1. The fourth-order valence-electron chi connectivity index (χ4n) is 2.83. The highest BCUT2D eigenvalue weighted by Gasteiger charge is 2.15. The number of ether oxygens (including phenoxy) is 1. The quantitative estimate of drug-likeness (QED) is 0.521. The molecule has 0 aliphatic heterocycles. The minimum Gasteiger partial charge on any atom is -0.485 e. The number of hydrogen-bond donors (Lipinski definition) is 2. The van der Waals surface area contributed by atoms with Crippen molar-refractivity contribution in [3.8, 4) is 16.9 Å². The Morgan fingerprint density at radius 3 is 2.79 bits per heavy atom. The van der Waals surface area contributed by atoms with Gasteiger partial charge in [-0.3, -0.25) is 4.79 Å². The Balaban J connectivity index is 1.80. The number of carbonyl (C=O) groups is 1. The molecule has 0 atom stereocenters. The van der Waals surface area contributed by atoms with E-state index in [0.717, 1.165) is 27.8 Å². The molecule has 2 N–H and O–H groups in total.